The lowest BCUT2D eigenvalue weighted by Gasteiger charge is -2.19. The van der Waals surface area contributed by atoms with Crippen LogP contribution in [0, 0.1) is 0 Å². The highest BCUT2D eigenvalue weighted by Gasteiger charge is 2.35. The summed E-state index contributed by atoms with van der Waals surface area (Å²) in [6.45, 7) is 3.44. The second-order valence-electron chi connectivity index (χ2n) is 2.90. The molecule has 0 radical (unpaired) electrons. The first-order valence-electron chi connectivity index (χ1n) is 3.36. The number of hydrogen-bond donors (Lipinski definition) is 2. The number of nitrogens with one attached hydrogen (secondary N) is 2. The van der Waals surface area contributed by atoms with Crippen molar-refractivity contribution in [3.8, 4) is 0 Å². The van der Waals surface area contributed by atoms with Gasteiger partial charge in [-0.3, -0.25) is 0 Å². The van der Waals surface area contributed by atoms with Crippen LogP contribution in [0.5, 0.6) is 0 Å². The molecule has 0 aliphatic carbocycles. The SMILES string of the molecule is C[C@@H]1N[C@H]2CN[C@@H]1C2. The number of rotatable bonds is 0. The lowest BCUT2D eigenvalue weighted by molar-refractivity contribution is 0.435. The van der Waals surface area contributed by atoms with Gasteiger partial charge in [-0.05, 0) is 13.3 Å². The molecule has 2 aliphatic rings. The molecule has 2 saturated heterocycles. The van der Waals surface area contributed by atoms with Crippen molar-refractivity contribution >= 4 is 0 Å². The standard InChI is InChI=1S/C6H12N2/c1-4-6-2-5(8-4)3-7-6/h4-8H,2-3H2,1H3/t4-,5+,6+/m0/s1. The van der Waals surface area contributed by atoms with Crippen LogP contribution in [0.2, 0.25) is 0 Å². The molecule has 0 saturated carbocycles. The van der Waals surface area contributed by atoms with Gasteiger partial charge in [0, 0.05) is 24.7 Å². The highest BCUT2D eigenvalue weighted by molar-refractivity contribution is 4.99. The fraction of sp³-hybridized carbons (Fsp3) is 1.00. The molecule has 0 aromatic rings. The maximum absolute atomic E-state index is 3.49. The van der Waals surface area contributed by atoms with Gasteiger partial charge in [-0.1, -0.05) is 0 Å². The second-order valence-corrected chi connectivity index (χ2v) is 2.90. The Labute approximate surface area is 49.7 Å². The van der Waals surface area contributed by atoms with E-state index in [4.69, 9.17) is 0 Å². The van der Waals surface area contributed by atoms with Gasteiger partial charge >= 0.3 is 0 Å². The molecular weight excluding hydrogens is 100 g/mol. The maximum Gasteiger partial charge on any atom is 0.0234 e. The van der Waals surface area contributed by atoms with E-state index in [2.05, 4.69) is 17.6 Å². The zero-order chi connectivity index (χ0) is 5.56. The minimum Gasteiger partial charge on any atom is -0.311 e. The number of piperazine rings is 1. The highest BCUT2D eigenvalue weighted by Crippen LogP contribution is 2.17. The summed E-state index contributed by atoms with van der Waals surface area (Å²) >= 11 is 0. The topological polar surface area (TPSA) is 24.1 Å². The highest BCUT2D eigenvalue weighted by atomic mass is 15.2. The van der Waals surface area contributed by atoms with Crippen molar-refractivity contribution in [2.75, 3.05) is 6.54 Å². The van der Waals surface area contributed by atoms with Crippen molar-refractivity contribution in [2.24, 2.45) is 0 Å². The molecule has 2 rings (SSSR count). The smallest absolute Gasteiger partial charge is 0.0234 e. The molecule has 2 heterocycles. The first kappa shape index (κ1) is 4.77. The quantitative estimate of drug-likeness (QED) is 0.450. The van der Waals surface area contributed by atoms with Gasteiger partial charge in [-0.15, -0.1) is 0 Å². The van der Waals surface area contributed by atoms with Crippen molar-refractivity contribution < 1.29 is 0 Å². The van der Waals surface area contributed by atoms with Crippen LogP contribution in [0.3, 0.4) is 0 Å². The van der Waals surface area contributed by atoms with Crippen molar-refractivity contribution in [1.82, 2.24) is 10.6 Å². The second kappa shape index (κ2) is 1.45. The fourth-order valence-electron chi connectivity index (χ4n) is 1.76. The van der Waals surface area contributed by atoms with Crippen LogP contribution in [0.1, 0.15) is 13.3 Å². The average molecular weight is 112 g/mol. The maximum atomic E-state index is 3.49. The van der Waals surface area contributed by atoms with E-state index in [1.54, 1.807) is 0 Å². The summed E-state index contributed by atoms with van der Waals surface area (Å²) in [4.78, 5) is 0. The number of fused-ring (bicyclic) bond motifs is 2. The van der Waals surface area contributed by atoms with Gasteiger partial charge in [0.05, 0.1) is 0 Å². The zero-order valence-electron chi connectivity index (χ0n) is 5.15. The lowest BCUT2D eigenvalue weighted by atomic mass is 10.2. The van der Waals surface area contributed by atoms with Gasteiger partial charge in [-0.25, -0.2) is 0 Å². The van der Waals surface area contributed by atoms with Gasteiger partial charge in [-0.2, -0.15) is 0 Å². The minimum atomic E-state index is 0.716. The number of hydrogen-bond acceptors (Lipinski definition) is 2. The summed E-state index contributed by atoms with van der Waals surface area (Å²) in [5.74, 6) is 0. The Morgan fingerprint density at radius 2 is 2.38 bits per heavy atom. The van der Waals surface area contributed by atoms with Crippen LogP contribution in [0.25, 0.3) is 0 Å². The van der Waals surface area contributed by atoms with Gasteiger partial charge in [0.25, 0.3) is 0 Å². The van der Waals surface area contributed by atoms with Crippen molar-refractivity contribution in [1.29, 1.82) is 0 Å². The van der Waals surface area contributed by atoms with Crippen LogP contribution in [0.4, 0.5) is 0 Å². The molecule has 2 bridgehead atoms. The Balaban J connectivity index is 2.11. The van der Waals surface area contributed by atoms with Gasteiger partial charge in [0.15, 0.2) is 0 Å². The average Bonchev–Trinajstić information content (AvgIpc) is 2.23. The molecule has 2 aliphatic heterocycles. The van der Waals surface area contributed by atoms with Crippen LogP contribution in [0.15, 0.2) is 0 Å². The van der Waals surface area contributed by atoms with E-state index >= 15 is 0 Å². The lowest BCUT2D eigenvalue weighted by Crippen LogP contribution is -2.46. The molecule has 0 spiro atoms. The van der Waals surface area contributed by atoms with Crippen LogP contribution < -0.4 is 10.6 Å². The molecule has 3 atom stereocenters. The van der Waals surface area contributed by atoms with Crippen LogP contribution in [-0.4, -0.2) is 24.7 Å². The Bertz CT molecular complexity index is 101. The summed E-state index contributed by atoms with van der Waals surface area (Å²) in [6, 6.07) is 2.28. The Kier molecular flexibility index (Phi) is 0.866. The molecule has 2 heteroatoms. The largest absolute Gasteiger partial charge is 0.311 e. The summed E-state index contributed by atoms with van der Waals surface area (Å²) in [5.41, 5.74) is 0. The van der Waals surface area contributed by atoms with E-state index in [0.29, 0.717) is 6.04 Å². The molecule has 0 aromatic heterocycles. The van der Waals surface area contributed by atoms with Crippen LogP contribution in [-0.2, 0) is 0 Å². The molecule has 2 fully saturated rings. The molecule has 46 valence electrons. The van der Waals surface area contributed by atoms with E-state index in [1.165, 1.54) is 13.0 Å². The Morgan fingerprint density at radius 1 is 1.50 bits per heavy atom. The van der Waals surface area contributed by atoms with Crippen molar-refractivity contribution in [2.45, 2.75) is 31.5 Å². The summed E-state index contributed by atoms with van der Waals surface area (Å²) in [6.07, 6.45) is 1.35. The van der Waals surface area contributed by atoms with Crippen molar-refractivity contribution in [3.05, 3.63) is 0 Å². The summed E-state index contributed by atoms with van der Waals surface area (Å²) < 4.78 is 0. The van der Waals surface area contributed by atoms with E-state index in [9.17, 15) is 0 Å². The molecule has 8 heavy (non-hydrogen) atoms. The molecule has 0 unspecified atom stereocenters. The zero-order valence-corrected chi connectivity index (χ0v) is 5.15. The monoisotopic (exact) mass is 112 g/mol. The summed E-state index contributed by atoms with van der Waals surface area (Å²) in [5, 5.41) is 6.93. The van der Waals surface area contributed by atoms with Gasteiger partial charge < -0.3 is 10.6 Å². The van der Waals surface area contributed by atoms with E-state index < -0.39 is 0 Å². The molecule has 0 amide bonds. The van der Waals surface area contributed by atoms with E-state index in [0.717, 1.165) is 12.1 Å². The fourth-order valence-corrected chi connectivity index (χ4v) is 1.76. The third-order valence-electron chi connectivity index (χ3n) is 2.27. The van der Waals surface area contributed by atoms with E-state index in [-0.39, 0.29) is 0 Å². The van der Waals surface area contributed by atoms with E-state index in [1.807, 2.05) is 0 Å². The van der Waals surface area contributed by atoms with Crippen molar-refractivity contribution in [3.63, 3.8) is 0 Å². The first-order valence-corrected chi connectivity index (χ1v) is 3.36. The van der Waals surface area contributed by atoms with Crippen LogP contribution >= 0.6 is 0 Å². The van der Waals surface area contributed by atoms with Gasteiger partial charge in [0.1, 0.15) is 0 Å². The predicted molar refractivity (Wildman–Crippen MR) is 32.8 cm³/mol. The molecular formula is C6H12N2. The molecule has 2 nitrogen and oxygen atoms in total. The Morgan fingerprint density at radius 3 is 2.62 bits per heavy atom. The third-order valence-corrected chi connectivity index (χ3v) is 2.27. The minimum absolute atomic E-state index is 0.716. The first-order chi connectivity index (χ1) is 3.86. The normalized spacial score (nSPS) is 52.9. The molecule has 0 aromatic carbocycles. The Hall–Kier alpha value is -0.0800. The summed E-state index contributed by atoms with van der Waals surface area (Å²) in [7, 11) is 0. The molecule has 2 N–H and O–H groups in total. The third kappa shape index (κ3) is 0.501. The predicted octanol–water partition coefficient (Wildman–Crippen LogP) is -0.291. The van der Waals surface area contributed by atoms with Gasteiger partial charge in [0.2, 0.25) is 0 Å².